The van der Waals surface area contributed by atoms with Crippen LogP contribution in [0.2, 0.25) is 0 Å². The minimum atomic E-state index is -5.70. The number of phosphoric acid groups is 1. The number of allylic oxidation sites excluding steroid dienone is 6. The number of unbranched alkanes of at least 4 members (excludes halogenated alkanes) is 32. The van der Waals surface area contributed by atoms with Gasteiger partial charge in [0.25, 0.3) is 0 Å². The van der Waals surface area contributed by atoms with Crippen LogP contribution >= 0.6 is 7.82 Å². The molecule has 1 aliphatic carbocycles. The van der Waals surface area contributed by atoms with Gasteiger partial charge in [-0.15, -0.1) is 0 Å². The third-order valence-corrected chi connectivity index (χ3v) is 19.6. The van der Waals surface area contributed by atoms with Crippen LogP contribution in [0.5, 0.6) is 0 Å². The minimum Gasteiger partial charge on any atom is -0.463 e. The predicted molar refractivity (Wildman–Crippen MR) is 374 cm³/mol. The van der Waals surface area contributed by atoms with Crippen LogP contribution in [0.3, 0.4) is 0 Å². The molecule has 2 aliphatic heterocycles. The van der Waals surface area contributed by atoms with E-state index >= 15 is 0 Å². The SMILES string of the molecule is CCCCCC/C=C\CCCCCCCCCC(=O)OCC1OC(OC2C(O)C(O)C(O)C(OC3OC(CO)C(O)C(O)C3O)C2OP(=O)(O)OCC(COC(=O)CCCCC/C=C\CCCCCCCCC)OC(=O)CCCCCCCCC/C=C\CCCCCC)C(O)C(O)C1O. The number of aliphatic hydroxyl groups excluding tert-OH is 10. The number of phosphoric ester groups is 1. The van der Waals surface area contributed by atoms with E-state index < -0.39 is 156 Å². The summed E-state index contributed by atoms with van der Waals surface area (Å²) in [5.41, 5.74) is 0. The third kappa shape index (κ3) is 38.7. The molecule has 2 heterocycles. The molecule has 0 amide bonds. The summed E-state index contributed by atoms with van der Waals surface area (Å²) in [6.07, 6.45) is 17.7. The fourth-order valence-corrected chi connectivity index (χ4v) is 13.3. The second-order valence-corrected chi connectivity index (χ2v) is 28.8. The van der Waals surface area contributed by atoms with E-state index in [0.717, 1.165) is 135 Å². The summed E-state index contributed by atoms with van der Waals surface area (Å²) in [6.45, 7) is 3.40. The average molecular weight is 1440 g/mol. The molecule has 25 heteroatoms. The highest BCUT2D eigenvalue weighted by Crippen LogP contribution is 2.49. The van der Waals surface area contributed by atoms with E-state index in [-0.39, 0.29) is 19.3 Å². The Labute approximate surface area is 591 Å². The summed E-state index contributed by atoms with van der Waals surface area (Å²) in [7, 11) is -5.70. The first-order valence-corrected chi connectivity index (χ1v) is 39.8. The zero-order valence-electron chi connectivity index (χ0n) is 60.3. The molecule has 18 unspecified atom stereocenters. The highest BCUT2D eigenvalue weighted by Gasteiger charge is 2.58. The lowest BCUT2D eigenvalue weighted by Crippen LogP contribution is -2.69. The number of ether oxygens (including phenoxy) is 7. The summed E-state index contributed by atoms with van der Waals surface area (Å²) in [5, 5.41) is 110. The van der Waals surface area contributed by atoms with Gasteiger partial charge in [-0.1, -0.05) is 205 Å². The fraction of sp³-hybridized carbons (Fsp3) is 0.878. The highest BCUT2D eigenvalue weighted by atomic mass is 31.2. The summed E-state index contributed by atoms with van der Waals surface area (Å²) in [6, 6.07) is 0. The van der Waals surface area contributed by atoms with Gasteiger partial charge in [-0.05, 0) is 96.3 Å². The van der Waals surface area contributed by atoms with Gasteiger partial charge in [-0.2, -0.15) is 0 Å². The van der Waals surface area contributed by atoms with Crippen molar-refractivity contribution in [1.29, 1.82) is 0 Å². The lowest BCUT2D eigenvalue weighted by atomic mass is 9.84. The number of hydrogen-bond donors (Lipinski definition) is 11. The lowest BCUT2D eigenvalue weighted by Gasteiger charge is -2.49. The van der Waals surface area contributed by atoms with Crippen LogP contribution in [-0.2, 0) is 61.2 Å². The highest BCUT2D eigenvalue weighted by molar-refractivity contribution is 7.47. The van der Waals surface area contributed by atoms with E-state index in [4.69, 9.17) is 42.2 Å². The molecule has 99 heavy (non-hydrogen) atoms. The second kappa shape index (κ2) is 55.6. The maximum atomic E-state index is 14.3. The Kier molecular flexibility index (Phi) is 50.8. The molecule has 0 bridgehead atoms. The fourth-order valence-electron chi connectivity index (χ4n) is 12.3. The third-order valence-electron chi connectivity index (χ3n) is 18.6. The molecule has 3 aliphatic rings. The minimum absolute atomic E-state index is 0.0219. The zero-order chi connectivity index (χ0) is 72.5. The maximum Gasteiger partial charge on any atom is 0.472 e. The van der Waals surface area contributed by atoms with E-state index in [2.05, 4.69) is 57.2 Å². The van der Waals surface area contributed by atoms with Gasteiger partial charge in [-0.25, -0.2) is 4.57 Å². The van der Waals surface area contributed by atoms with E-state index in [1.165, 1.54) is 89.9 Å². The maximum absolute atomic E-state index is 14.3. The standard InChI is InChI=1S/C74H133O24P/c1-4-7-10-13-16-19-22-25-28-31-34-37-40-43-46-49-59(77)91-54-57-62(80)64(82)69(87)74(95-57)97-71-67(85)65(83)66(84)70(96-73-68(86)63(81)61(79)56(51-75)94-73)72(71)98-99(88,89)92-53-55(52-90-58(76)48-45-42-39-36-33-30-27-24-21-18-15-12-9-6-3)93-60(78)50-47-44-41-38-35-32-29-26-23-20-17-14-11-8-5-2/h19-20,22-23,30,33,55-57,61-75,79-87H,4-18,21,24-29,31-32,34-54H2,1-3H3,(H,88,89)/b22-19-,23-20-,33-30-. The molecule has 0 radical (unpaired) electrons. The normalized spacial score (nSPS) is 27.7. The van der Waals surface area contributed by atoms with Crippen molar-refractivity contribution < 1.29 is 117 Å². The van der Waals surface area contributed by atoms with Crippen LogP contribution in [0, 0.1) is 0 Å². The van der Waals surface area contributed by atoms with Crippen molar-refractivity contribution in [2.24, 2.45) is 0 Å². The molecule has 0 aromatic carbocycles. The van der Waals surface area contributed by atoms with Crippen molar-refractivity contribution in [1.82, 2.24) is 0 Å². The van der Waals surface area contributed by atoms with Crippen molar-refractivity contribution in [3.63, 3.8) is 0 Å². The number of esters is 3. The molecule has 2 saturated heterocycles. The first-order valence-electron chi connectivity index (χ1n) is 38.3. The number of rotatable bonds is 59. The summed E-state index contributed by atoms with van der Waals surface area (Å²) in [5.74, 6) is -2.02. The quantitative estimate of drug-likeness (QED) is 0.00886. The number of hydrogen-bond acceptors (Lipinski definition) is 23. The molecule has 18 atom stereocenters. The summed E-state index contributed by atoms with van der Waals surface area (Å²) >= 11 is 0. The molecular weight excluding hydrogens is 1300 g/mol. The number of aliphatic hydroxyl groups is 10. The van der Waals surface area contributed by atoms with Gasteiger partial charge in [0.05, 0.1) is 13.2 Å². The van der Waals surface area contributed by atoms with Gasteiger partial charge in [0.2, 0.25) is 0 Å². The molecule has 578 valence electrons. The average Bonchev–Trinajstić information content (AvgIpc) is 0.763. The lowest BCUT2D eigenvalue weighted by molar-refractivity contribution is -0.360. The second-order valence-electron chi connectivity index (χ2n) is 27.3. The monoisotopic (exact) mass is 1440 g/mol. The van der Waals surface area contributed by atoms with E-state index in [1.807, 2.05) is 0 Å². The van der Waals surface area contributed by atoms with Gasteiger partial charge < -0.3 is 89.1 Å². The van der Waals surface area contributed by atoms with Gasteiger partial charge in [0, 0.05) is 19.3 Å². The molecule has 0 aromatic heterocycles. The van der Waals surface area contributed by atoms with Gasteiger partial charge in [-0.3, -0.25) is 23.4 Å². The van der Waals surface area contributed by atoms with Gasteiger partial charge >= 0.3 is 25.7 Å². The Morgan fingerprint density at radius 3 is 1.11 bits per heavy atom. The first-order chi connectivity index (χ1) is 47.8. The van der Waals surface area contributed by atoms with Crippen molar-refractivity contribution >= 4 is 25.7 Å². The molecular formula is C74H133O24P. The van der Waals surface area contributed by atoms with Crippen molar-refractivity contribution in [3.05, 3.63) is 36.5 Å². The van der Waals surface area contributed by atoms with E-state index in [9.17, 15) is 74.9 Å². The Hall–Kier alpha value is -2.82. The van der Waals surface area contributed by atoms with Crippen LogP contribution in [0.15, 0.2) is 36.5 Å². The van der Waals surface area contributed by atoms with Crippen LogP contribution in [-0.4, -0.2) is 204 Å². The number of carbonyl (C=O) groups is 3. The molecule has 1 saturated carbocycles. The van der Waals surface area contributed by atoms with Crippen molar-refractivity contribution in [2.45, 2.75) is 388 Å². The topological polar surface area (TPSA) is 374 Å². The summed E-state index contributed by atoms with van der Waals surface area (Å²) < 4.78 is 65.0. The predicted octanol–water partition coefficient (Wildman–Crippen LogP) is 10.7. The Morgan fingerprint density at radius 1 is 0.384 bits per heavy atom. The molecule has 0 aromatic rings. The van der Waals surface area contributed by atoms with Gasteiger partial charge in [0.15, 0.2) is 18.7 Å². The molecule has 3 fully saturated rings. The molecule has 3 rings (SSSR count). The van der Waals surface area contributed by atoms with Crippen LogP contribution in [0.4, 0.5) is 0 Å². The number of carbonyl (C=O) groups excluding carboxylic acids is 3. The van der Waals surface area contributed by atoms with Gasteiger partial charge in [0.1, 0.15) is 98.7 Å². The Bertz CT molecular complexity index is 2190. The van der Waals surface area contributed by atoms with E-state index in [1.54, 1.807) is 0 Å². The molecule has 0 spiro atoms. The summed E-state index contributed by atoms with van der Waals surface area (Å²) in [4.78, 5) is 51.0. The van der Waals surface area contributed by atoms with Crippen molar-refractivity contribution in [3.8, 4) is 0 Å². The van der Waals surface area contributed by atoms with Crippen molar-refractivity contribution in [2.75, 3.05) is 26.4 Å². The largest absolute Gasteiger partial charge is 0.472 e. The Morgan fingerprint density at radius 2 is 0.707 bits per heavy atom. The smallest absolute Gasteiger partial charge is 0.463 e. The van der Waals surface area contributed by atoms with Crippen LogP contribution in [0.25, 0.3) is 0 Å². The zero-order valence-corrected chi connectivity index (χ0v) is 61.2. The van der Waals surface area contributed by atoms with E-state index in [0.29, 0.717) is 19.3 Å². The molecule has 11 N–H and O–H groups in total. The first kappa shape index (κ1) is 90.4. The van der Waals surface area contributed by atoms with Crippen LogP contribution in [0.1, 0.15) is 284 Å². The van der Waals surface area contributed by atoms with Crippen LogP contribution < -0.4 is 0 Å². The Balaban J connectivity index is 1.73. The molecule has 24 nitrogen and oxygen atoms in total.